The number of nitrogens with zero attached hydrogens (tertiary/aromatic N) is 2. The molecule has 4 rings (SSSR count). The van der Waals surface area contributed by atoms with Crippen LogP contribution in [0.5, 0.6) is 0 Å². The number of carbonyl (C=O) groups is 2. The lowest BCUT2D eigenvalue weighted by Gasteiger charge is -2.35. The van der Waals surface area contributed by atoms with Gasteiger partial charge in [-0.25, -0.2) is 0 Å². The van der Waals surface area contributed by atoms with Crippen LogP contribution in [0.4, 0.5) is 0 Å². The second-order valence-electron chi connectivity index (χ2n) is 9.19. The van der Waals surface area contributed by atoms with Crippen LogP contribution >= 0.6 is 11.8 Å². The topological polar surface area (TPSA) is 54.3 Å². The molecule has 0 saturated carbocycles. The number of hydrogen-bond acceptors (Lipinski definition) is 3. The Labute approximate surface area is 206 Å². The Morgan fingerprint density at radius 1 is 1.09 bits per heavy atom. The fourth-order valence-electron chi connectivity index (χ4n) is 4.76. The molecule has 0 aliphatic carbocycles. The zero-order valence-corrected chi connectivity index (χ0v) is 21.3. The second-order valence-corrected chi connectivity index (χ2v) is 10.2. The van der Waals surface area contributed by atoms with Crippen LogP contribution in [0, 0.1) is 13.8 Å². The first kappa shape index (κ1) is 24.4. The zero-order chi connectivity index (χ0) is 24.1. The molecule has 1 aromatic heterocycles. The summed E-state index contributed by atoms with van der Waals surface area (Å²) >= 11 is 1.63. The molecule has 2 aromatic carbocycles. The Kier molecular flexibility index (Phi) is 7.99. The van der Waals surface area contributed by atoms with E-state index < -0.39 is 0 Å². The van der Waals surface area contributed by atoms with Crippen molar-refractivity contribution in [3.63, 3.8) is 0 Å². The maximum absolute atomic E-state index is 13.0. The van der Waals surface area contributed by atoms with Crippen LogP contribution in [0.1, 0.15) is 54.1 Å². The summed E-state index contributed by atoms with van der Waals surface area (Å²) in [7, 11) is 0. The summed E-state index contributed by atoms with van der Waals surface area (Å²) in [6.45, 7) is 8.35. The number of nitrogens with one attached hydrogen (secondary N) is 1. The van der Waals surface area contributed by atoms with Crippen LogP contribution in [0.3, 0.4) is 0 Å². The number of hydrogen-bond donors (Lipinski definition) is 1. The van der Waals surface area contributed by atoms with Crippen LogP contribution < -0.4 is 5.32 Å². The van der Waals surface area contributed by atoms with Gasteiger partial charge in [0, 0.05) is 53.2 Å². The minimum atomic E-state index is -0.0493. The van der Waals surface area contributed by atoms with Gasteiger partial charge in [-0.3, -0.25) is 9.59 Å². The number of amides is 2. The number of aromatic nitrogens is 1. The molecule has 1 aliphatic heterocycles. The van der Waals surface area contributed by atoms with Crippen molar-refractivity contribution in [2.75, 3.05) is 18.8 Å². The summed E-state index contributed by atoms with van der Waals surface area (Å²) in [5.74, 6) is 0.661. The van der Waals surface area contributed by atoms with Gasteiger partial charge in [-0.2, -0.15) is 0 Å². The minimum Gasteiger partial charge on any atom is -0.350 e. The number of likely N-dealkylation sites (tertiary alicyclic amines) is 1. The van der Waals surface area contributed by atoms with E-state index in [9.17, 15) is 9.59 Å². The minimum absolute atomic E-state index is 0.0493. The fourth-order valence-corrected chi connectivity index (χ4v) is 5.74. The number of rotatable bonds is 8. The smallest absolute Gasteiger partial charge is 0.251 e. The standard InChI is InChI=1S/C28H35N3O2S/c1-4-23-9-7-8-15-31(23)27(32)19-34-26-18-30(25-11-6-5-10-24(25)26)16-14-29-28(33)22-13-12-20(2)21(3)17-22/h5-6,10-13,17-18,23H,4,7-9,14-16,19H2,1-3H3,(H,29,33). The van der Waals surface area contributed by atoms with Crippen molar-refractivity contribution >= 4 is 34.5 Å². The van der Waals surface area contributed by atoms with E-state index in [-0.39, 0.29) is 11.8 Å². The van der Waals surface area contributed by atoms with Crippen molar-refractivity contribution in [1.82, 2.24) is 14.8 Å². The Hall–Kier alpha value is -2.73. The molecule has 0 radical (unpaired) electrons. The molecular weight excluding hydrogens is 442 g/mol. The third-order valence-corrected chi connectivity index (χ3v) is 7.96. The average molecular weight is 478 g/mol. The molecule has 6 heteroatoms. The molecule has 1 fully saturated rings. The van der Waals surface area contributed by atoms with Crippen molar-refractivity contribution < 1.29 is 9.59 Å². The van der Waals surface area contributed by atoms with E-state index in [4.69, 9.17) is 0 Å². The fraction of sp³-hybridized carbons (Fsp3) is 0.429. The maximum Gasteiger partial charge on any atom is 0.251 e. The van der Waals surface area contributed by atoms with Gasteiger partial charge in [0.2, 0.25) is 5.91 Å². The molecule has 0 bridgehead atoms. The molecule has 3 aromatic rings. The lowest BCUT2D eigenvalue weighted by atomic mass is 10.0. The highest BCUT2D eigenvalue weighted by molar-refractivity contribution is 8.00. The first-order chi connectivity index (χ1) is 16.5. The summed E-state index contributed by atoms with van der Waals surface area (Å²) < 4.78 is 2.18. The first-order valence-corrected chi connectivity index (χ1v) is 13.3. The Morgan fingerprint density at radius 3 is 2.71 bits per heavy atom. The lowest BCUT2D eigenvalue weighted by Crippen LogP contribution is -2.44. The predicted molar refractivity (Wildman–Crippen MR) is 141 cm³/mol. The molecule has 1 atom stereocenters. The SMILES string of the molecule is CCC1CCCCN1C(=O)CSc1cn(CCNC(=O)c2ccc(C)c(C)c2)c2ccccc12. The molecule has 180 valence electrons. The van der Waals surface area contributed by atoms with Crippen molar-refractivity contribution in [2.45, 2.75) is 63.9 Å². The lowest BCUT2D eigenvalue weighted by molar-refractivity contribution is -0.132. The van der Waals surface area contributed by atoms with Crippen molar-refractivity contribution in [1.29, 1.82) is 0 Å². The third-order valence-electron chi connectivity index (χ3n) is 6.93. The highest BCUT2D eigenvalue weighted by atomic mass is 32.2. The third kappa shape index (κ3) is 5.49. The largest absolute Gasteiger partial charge is 0.350 e. The Morgan fingerprint density at radius 2 is 1.91 bits per heavy atom. The van der Waals surface area contributed by atoms with E-state index in [1.54, 1.807) is 11.8 Å². The second kappa shape index (κ2) is 11.1. The zero-order valence-electron chi connectivity index (χ0n) is 20.5. The summed E-state index contributed by atoms with van der Waals surface area (Å²) in [6.07, 6.45) is 6.62. The van der Waals surface area contributed by atoms with Gasteiger partial charge >= 0.3 is 0 Å². The van der Waals surface area contributed by atoms with Gasteiger partial charge in [0.15, 0.2) is 0 Å². The number of carbonyl (C=O) groups excluding carboxylic acids is 2. The number of aryl methyl sites for hydroxylation is 2. The molecule has 34 heavy (non-hydrogen) atoms. The van der Waals surface area contributed by atoms with Crippen molar-refractivity contribution in [3.8, 4) is 0 Å². The van der Waals surface area contributed by atoms with E-state index in [1.807, 2.05) is 44.2 Å². The van der Waals surface area contributed by atoms with Crippen LogP contribution in [0.2, 0.25) is 0 Å². The molecule has 1 saturated heterocycles. The summed E-state index contributed by atoms with van der Waals surface area (Å²) in [6, 6.07) is 14.5. The number of para-hydroxylation sites is 1. The molecular formula is C28H35N3O2S. The summed E-state index contributed by atoms with van der Waals surface area (Å²) in [4.78, 5) is 28.8. The van der Waals surface area contributed by atoms with E-state index in [2.05, 4.69) is 40.0 Å². The van der Waals surface area contributed by atoms with Crippen LogP contribution in [0.15, 0.2) is 53.6 Å². The molecule has 2 amide bonds. The highest BCUT2D eigenvalue weighted by Crippen LogP contribution is 2.31. The molecule has 0 spiro atoms. The van der Waals surface area contributed by atoms with Crippen molar-refractivity contribution in [3.05, 3.63) is 65.4 Å². The summed E-state index contributed by atoms with van der Waals surface area (Å²) in [5.41, 5.74) is 4.13. The van der Waals surface area contributed by atoms with Crippen LogP contribution in [-0.2, 0) is 11.3 Å². The van der Waals surface area contributed by atoms with E-state index in [1.165, 1.54) is 12.0 Å². The van der Waals surface area contributed by atoms with Gasteiger partial charge in [-0.05, 0) is 68.9 Å². The molecule has 5 nitrogen and oxygen atoms in total. The molecule has 1 aliphatic rings. The number of benzene rings is 2. The average Bonchev–Trinajstić information content (AvgIpc) is 3.21. The number of fused-ring (bicyclic) bond motifs is 1. The number of piperidine rings is 1. The van der Waals surface area contributed by atoms with Gasteiger partial charge in [-0.15, -0.1) is 11.8 Å². The van der Waals surface area contributed by atoms with E-state index in [0.29, 0.717) is 30.4 Å². The molecule has 1 unspecified atom stereocenters. The van der Waals surface area contributed by atoms with Gasteiger partial charge < -0.3 is 14.8 Å². The summed E-state index contributed by atoms with van der Waals surface area (Å²) in [5, 5.41) is 4.20. The maximum atomic E-state index is 13.0. The molecule has 2 heterocycles. The van der Waals surface area contributed by atoms with Crippen LogP contribution in [0.25, 0.3) is 10.9 Å². The van der Waals surface area contributed by atoms with E-state index >= 15 is 0 Å². The van der Waals surface area contributed by atoms with Crippen LogP contribution in [-0.4, -0.2) is 46.2 Å². The van der Waals surface area contributed by atoms with Gasteiger partial charge in [-0.1, -0.05) is 31.2 Å². The number of thioether (sulfide) groups is 1. The van der Waals surface area contributed by atoms with Gasteiger partial charge in [0.25, 0.3) is 5.91 Å². The normalized spacial score (nSPS) is 16.1. The Balaban J connectivity index is 1.40. The first-order valence-electron chi connectivity index (χ1n) is 12.3. The predicted octanol–water partition coefficient (Wildman–Crippen LogP) is 5.57. The quantitative estimate of drug-likeness (QED) is 0.432. The van der Waals surface area contributed by atoms with Crippen molar-refractivity contribution in [2.24, 2.45) is 0 Å². The Bertz CT molecular complexity index is 1170. The van der Waals surface area contributed by atoms with E-state index in [0.717, 1.165) is 47.2 Å². The molecule has 1 N–H and O–H groups in total. The van der Waals surface area contributed by atoms with Gasteiger partial charge in [0.05, 0.1) is 5.75 Å². The van der Waals surface area contributed by atoms with Gasteiger partial charge in [0.1, 0.15) is 0 Å². The highest BCUT2D eigenvalue weighted by Gasteiger charge is 2.25. The monoisotopic (exact) mass is 477 g/mol.